The number of aromatic nitrogens is 1. The molecule has 2 aliphatic rings. The summed E-state index contributed by atoms with van der Waals surface area (Å²) in [6.07, 6.45) is 2.65. The van der Waals surface area contributed by atoms with Crippen LogP contribution >= 0.6 is 0 Å². The van der Waals surface area contributed by atoms with Crippen LogP contribution in [0.25, 0.3) is 10.9 Å². The third kappa shape index (κ3) is 3.93. The van der Waals surface area contributed by atoms with E-state index >= 15 is 0 Å². The van der Waals surface area contributed by atoms with Crippen molar-refractivity contribution in [3.63, 3.8) is 0 Å². The number of halogens is 1. The average Bonchev–Trinajstić information content (AvgIpc) is 3.48. The van der Waals surface area contributed by atoms with Crippen LogP contribution in [-0.2, 0) is 22.6 Å². The molecular weight excluding hydrogens is 401 g/mol. The third-order valence-corrected chi connectivity index (χ3v) is 5.87. The zero-order valence-corrected chi connectivity index (χ0v) is 16.8. The maximum Gasteiger partial charge on any atom is 0.231 e. The van der Waals surface area contributed by atoms with E-state index in [1.54, 1.807) is 11.0 Å². The van der Waals surface area contributed by atoms with Crippen LogP contribution in [0.5, 0.6) is 11.5 Å². The molecule has 0 saturated carbocycles. The minimum Gasteiger partial charge on any atom is -0.454 e. The molecule has 0 bridgehead atoms. The van der Waals surface area contributed by atoms with E-state index in [4.69, 9.17) is 9.47 Å². The minimum atomic E-state index is -0.373. The van der Waals surface area contributed by atoms with Gasteiger partial charge >= 0.3 is 0 Å². The predicted molar refractivity (Wildman–Crippen MR) is 111 cm³/mol. The van der Waals surface area contributed by atoms with Crippen LogP contribution < -0.4 is 14.8 Å². The quantitative estimate of drug-likeness (QED) is 0.639. The van der Waals surface area contributed by atoms with Gasteiger partial charge in [0, 0.05) is 43.2 Å². The van der Waals surface area contributed by atoms with Gasteiger partial charge in [0.15, 0.2) is 11.5 Å². The summed E-state index contributed by atoms with van der Waals surface area (Å²) in [5, 5.41) is 3.74. The Labute approximate surface area is 178 Å². The molecule has 1 atom stereocenters. The lowest BCUT2D eigenvalue weighted by Gasteiger charge is -2.16. The van der Waals surface area contributed by atoms with E-state index < -0.39 is 0 Å². The molecule has 0 unspecified atom stereocenters. The average molecular weight is 423 g/mol. The molecule has 0 radical (unpaired) electrons. The number of ether oxygens (including phenoxy) is 2. The van der Waals surface area contributed by atoms with Crippen molar-refractivity contribution in [2.24, 2.45) is 5.92 Å². The number of carbonyl (C=O) groups excluding carboxylic acids is 2. The van der Waals surface area contributed by atoms with Crippen molar-refractivity contribution < 1.29 is 23.5 Å². The first-order valence-electron chi connectivity index (χ1n) is 10.3. The maximum atomic E-state index is 13.6. The number of nitrogens with one attached hydrogen (secondary N) is 2. The first kappa shape index (κ1) is 19.4. The second kappa shape index (κ2) is 7.94. The fraction of sp³-hybridized carbons (Fsp3) is 0.304. The monoisotopic (exact) mass is 423 g/mol. The van der Waals surface area contributed by atoms with Gasteiger partial charge in [-0.15, -0.1) is 0 Å². The minimum absolute atomic E-state index is 0.0331. The molecule has 160 valence electrons. The zero-order valence-electron chi connectivity index (χ0n) is 16.8. The number of H-pyrrole nitrogens is 1. The normalized spacial score (nSPS) is 17.5. The molecule has 2 aromatic carbocycles. The van der Waals surface area contributed by atoms with Crippen LogP contribution in [0, 0.1) is 11.7 Å². The first-order valence-corrected chi connectivity index (χ1v) is 10.3. The van der Waals surface area contributed by atoms with Crippen LogP contribution in [0.15, 0.2) is 42.6 Å². The number of aromatic amines is 1. The van der Waals surface area contributed by atoms with Crippen molar-refractivity contribution >= 4 is 22.7 Å². The summed E-state index contributed by atoms with van der Waals surface area (Å²) in [5.74, 6) is 0.542. The maximum absolute atomic E-state index is 13.6. The number of hydrogen-bond acceptors (Lipinski definition) is 4. The van der Waals surface area contributed by atoms with E-state index in [0.717, 1.165) is 22.0 Å². The molecule has 1 aromatic heterocycles. The van der Waals surface area contributed by atoms with Gasteiger partial charge in [0.25, 0.3) is 0 Å². The Morgan fingerprint density at radius 3 is 2.97 bits per heavy atom. The second-order valence-corrected chi connectivity index (χ2v) is 7.90. The number of rotatable bonds is 6. The molecule has 3 aromatic rings. The fourth-order valence-electron chi connectivity index (χ4n) is 4.16. The Kier molecular flexibility index (Phi) is 4.97. The molecule has 31 heavy (non-hydrogen) atoms. The largest absolute Gasteiger partial charge is 0.454 e. The number of fused-ring (bicyclic) bond motifs is 2. The third-order valence-electron chi connectivity index (χ3n) is 5.87. The van der Waals surface area contributed by atoms with Gasteiger partial charge in [-0.2, -0.15) is 0 Å². The summed E-state index contributed by atoms with van der Waals surface area (Å²) >= 11 is 0. The molecule has 0 spiro atoms. The topological polar surface area (TPSA) is 83.7 Å². The number of hydrogen-bond donors (Lipinski definition) is 2. The molecule has 3 heterocycles. The van der Waals surface area contributed by atoms with E-state index in [0.29, 0.717) is 37.6 Å². The molecule has 2 aliphatic heterocycles. The van der Waals surface area contributed by atoms with E-state index in [2.05, 4.69) is 10.3 Å². The van der Waals surface area contributed by atoms with E-state index in [1.165, 1.54) is 12.1 Å². The van der Waals surface area contributed by atoms with Crippen LogP contribution in [-0.4, -0.2) is 41.6 Å². The molecule has 2 N–H and O–H groups in total. The lowest BCUT2D eigenvalue weighted by atomic mass is 10.1. The fourth-order valence-corrected chi connectivity index (χ4v) is 4.16. The molecule has 5 rings (SSSR count). The molecule has 7 nitrogen and oxygen atoms in total. The van der Waals surface area contributed by atoms with E-state index in [1.807, 2.05) is 24.4 Å². The number of nitrogens with zero attached hydrogens (tertiary/aromatic N) is 1. The Morgan fingerprint density at radius 2 is 2.06 bits per heavy atom. The van der Waals surface area contributed by atoms with Crippen LogP contribution in [0.2, 0.25) is 0 Å². The lowest BCUT2D eigenvalue weighted by molar-refractivity contribution is -0.129. The number of benzene rings is 2. The summed E-state index contributed by atoms with van der Waals surface area (Å²) in [6, 6.07) is 10.2. The SMILES string of the molecule is O=C(NCc1ccc2c(c1)OCO2)[C@H]1CC(=O)N(CCc2c[nH]c3ccc(F)cc23)C1. The van der Waals surface area contributed by atoms with Gasteiger partial charge in [0.05, 0.1) is 5.92 Å². The zero-order chi connectivity index (χ0) is 21.4. The predicted octanol–water partition coefficient (Wildman–Crippen LogP) is 2.74. The summed E-state index contributed by atoms with van der Waals surface area (Å²) in [5.41, 5.74) is 2.73. The highest BCUT2D eigenvalue weighted by atomic mass is 19.1. The first-order chi connectivity index (χ1) is 15.1. The summed E-state index contributed by atoms with van der Waals surface area (Å²) in [7, 11) is 0. The molecule has 1 fully saturated rings. The van der Waals surface area contributed by atoms with Crippen molar-refractivity contribution in [1.29, 1.82) is 0 Å². The Hall–Kier alpha value is -3.55. The standard InChI is InChI=1S/C23H22FN3O4/c24-17-2-3-19-18(9-17)15(11-25-19)5-6-27-12-16(8-22(27)28)23(29)26-10-14-1-4-20-21(7-14)31-13-30-20/h1-4,7,9,11,16,25H,5-6,8,10,12-13H2,(H,26,29)/t16-/m0/s1. The van der Waals surface area contributed by atoms with Crippen molar-refractivity contribution in [3.05, 3.63) is 59.5 Å². The molecule has 0 aliphatic carbocycles. The van der Waals surface area contributed by atoms with Gasteiger partial charge in [0.2, 0.25) is 18.6 Å². The van der Waals surface area contributed by atoms with E-state index in [9.17, 15) is 14.0 Å². The van der Waals surface area contributed by atoms with Gasteiger partial charge in [-0.25, -0.2) is 4.39 Å². The Bertz CT molecular complexity index is 1160. The second-order valence-electron chi connectivity index (χ2n) is 7.90. The summed E-state index contributed by atoms with van der Waals surface area (Å²) in [4.78, 5) is 29.8. The van der Waals surface area contributed by atoms with E-state index in [-0.39, 0.29) is 36.8 Å². The molecule has 8 heteroatoms. The van der Waals surface area contributed by atoms with Gasteiger partial charge < -0.3 is 24.7 Å². The highest BCUT2D eigenvalue weighted by Crippen LogP contribution is 2.32. The van der Waals surface area contributed by atoms with Crippen LogP contribution in [0.1, 0.15) is 17.5 Å². The number of carbonyl (C=O) groups is 2. The number of amides is 2. The molecular formula is C23H22FN3O4. The Balaban J connectivity index is 1.16. The smallest absolute Gasteiger partial charge is 0.231 e. The molecule has 1 saturated heterocycles. The number of likely N-dealkylation sites (tertiary alicyclic amines) is 1. The van der Waals surface area contributed by atoms with Crippen molar-refractivity contribution in [3.8, 4) is 11.5 Å². The van der Waals surface area contributed by atoms with Crippen molar-refractivity contribution in [2.75, 3.05) is 19.9 Å². The molecule has 2 amide bonds. The van der Waals surface area contributed by atoms with Gasteiger partial charge in [-0.3, -0.25) is 9.59 Å². The van der Waals surface area contributed by atoms with Crippen LogP contribution in [0.3, 0.4) is 0 Å². The van der Waals surface area contributed by atoms with Crippen molar-refractivity contribution in [2.45, 2.75) is 19.4 Å². The van der Waals surface area contributed by atoms with Crippen molar-refractivity contribution in [1.82, 2.24) is 15.2 Å². The summed E-state index contributed by atoms with van der Waals surface area (Å²) in [6.45, 7) is 1.45. The highest BCUT2D eigenvalue weighted by molar-refractivity contribution is 5.89. The highest BCUT2D eigenvalue weighted by Gasteiger charge is 2.34. The van der Waals surface area contributed by atoms with Crippen LogP contribution in [0.4, 0.5) is 4.39 Å². The van der Waals surface area contributed by atoms with Gasteiger partial charge in [0.1, 0.15) is 5.82 Å². The summed E-state index contributed by atoms with van der Waals surface area (Å²) < 4.78 is 24.2. The lowest BCUT2D eigenvalue weighted by Crippen LogP contribution is -2.33. The van der Waals surface area contributed by atoms with Gasteiger partial charge in [-0.1, -0.05) is 6.07 Å². The van der Waals surface area contributed by atoms with Gasteiger partial charge in [-0.05, 0) is 47.9 Å². The Morgan fingerprint density at radius 1 is 1.19 bits per heavy atom.